The molecule has 56 valence electrons. The molecule has 10 heavy (non-hydrogen) atoms. The Kier molecular flexibility index (Phi) is 8.67. The van der Waals surface area contributed by atoms with Crippen molar-refractivity contribution >= 4 is 8.24 Å². The molecule has 0 bridgehead atoms. The van der Waals surface area contributed by atoms with Gasteiger partial charge in [0.15, 0.2) is 0 Å². The van der Waals surface area contributed by atoms with Gasteiger partial charge in [0.2, 0.25) is 0 Å². The Balaban J connectivity index is 0. The van der Waals surface area contributed by atoms with Gasteiger partial charge in [0.05, 0.1) is 0 Å². The van der Waals surface area contributed by atoms with Gasteiger partial charge in [0, 0.05) is 0 Å². The van der Waals surface area contributed by atoms with Crippen molar-refractivity contribution in [3.8, 4) is 0 Å². The van der Waals surface area contributed by atoms with Gasteiger partial charge in [-0.3, -0.25) is 0 Å². The van der Waals surface area contributed by atoms with Crippen molar-refractivity contribution in [3.05, 3.63) is 4.98 Å². The van der Waals surface area contributed by atoms with Crippen LogP contribution in [-0.4, -0.2) is 14.8 Å². The molecule has 0 spiro atoms. The van der Waals surface area contributed by atoms with Gasteiger partial charge in [0.25, 0.3) is 0 Å². The number of nitrogens with zero attached hydrogens (tertiary/aromatic N) is 1. The molecule has 1 nitrogen and oxygen atoms in total. The normalized spacial score (nSPS) is 10.8. The first-order valence-corrected chi connectivity index (χ1v) is 7.19. The first kappa shape index (κ1) is 13.4. The standard InChI is InChI=1S/C7H18NSi.Li/c1-5-6-7-8-9(2,3)4;/h5-7H2,1-4H3;/q-1;+1. The summed E-state index contributed by atoms with van der Waals surface area (Å²) in [5, 5.41) is 0. The first-order valence-electron chi connectivity index (χ1n) is 3.75. The zero-order valence-electron chi connectivity index (χ0n) is 8.07. The predicted octanol–water partition coefficient (Wildman–Crippen LogP) is -0.000900. The number of unbranched alkanes of at least 4 members (excludes halogenated alkanes) is 1. The van der Waals surface area contributed by atoms with E-state index in [-0.39, 0.29) is 18.9 Å². The topological polar surface area (TPSA) is 14.1 Å². The molecule has 0 aliphatic carbocycles. The van der Waals surface area contributed by atoms with Crippen LogP contribution < -0.4 is 18.9 Å². The van der Waals surface area contributed by atoms with Crippen LogP contribution in [0, 0.1) is 0 Å². The average molecular weight is 151 g/mol. The van der Waals surface area contributed by atoms with Crippen LogP contribution in [0.25, 0.3) is 4.98 Å². The second kappa shape index (κ2) is 6.48. The molecule has 0 heterocycles. The van der Waals surface area contributed by atoms with E-state index >= 15 is 0 Å². The zero-order valence-corrected chi connectivity index (χ0v) is 9.07. The third-order valence-corrected chi connectivity index (χ3v) is 2.27. The summed E-state index contributed by atoms with van der Waals surface area (Å²) >= 11 is 0. The van der Waals surface area contributed by atoms with Crippen molar-refractivity contribution in [2.24, 2.45) is 0 Å². The molecule has 0 aromatic rings. The SMILES string of the molecule is CCCC[N-][Si](C)(C)C.[Li+]. The van der Waals surface area contributed by atoms with Crippen molar-refractivity contribution < 1.29 is 18.9 Å². The minimum Gasteiger partial charge on any atom is -0.665 e. The van der Waals surface area contributed by atoms with Gasteiger partial charge in [-0.2, -0.15) is 6.54 Å². The molecule has 0 aliphatic rings. The third kappa shape index (κ3) is 11.6. The average Bonchev–Trinajstić information content (AvgIpc) is 1.63. The maximum Gasteiger partial charge on any atom is 1.00 e. The Morgan fingerprint density at radius 1 is 1.20 bits per heavy atom. The van der Waals surface area contributed by atoms with E-state index in [0.717, 1.165) is 6.54 Å². The summed E-state index contributed by atoms with van der Waals surface area (Å²) in [5.74, 6) is 0. The third-order valence-electron chi connectivity index (χ3n) is 1.10. The molecule has 0 aromatic heterocycles. The number of rotatable bonds is 4. The van der Waals surface area contributed by atoms with Crippen LogP contribution in [0.3, 0.4) is 0 Å². The second-order valence-electron chi connectivity index (χ2n) is 3.41. The van der Waals surface area contributed by atoms with Gasteiger partial charge < -0.3 is 4.98 Å². The molecule has 0 atom stereocenters. The minimum absolute atomic E-state index is 0. The molecule has 0 rings (SSSR count). The maximum absolute atomic E-state index is 4.59. The van der Waals surface area contributed by atoms with Gasteiger partial charge in [-0.1, -0.05) is 47.6 Å². The molecule has 0 unspecified atom stereocenters. The van der Waals surface area contributed by atoms with E-state index in [1.165, 1.54) is 12.8 Å². The minimum atomic E-state index is -1.07. The van der Waals surface area contributed by atoms with Gasteiger partial charge in [-0.15, -0.1) is 0 Å². The van der Waals surface area contributed by atoms with E-state index in [4.69, 9.17) is 0 Å². The van der Waals surface area contributed by atoms with Crippen molar-refractivity contribution in [1.82, 2.24) is 0 Å². The smallest absolute Gasteiger partial charge is 0.665 e. The molecular formula is C7H18LiNSi. The van der Waals surface area contributed by atoms with Crippen LogP contribution >= 0.6 is 0 Å². The molecule has 0 N–H and O–H groups in total. The van der Waals surface area contributed by atoms with Crippen molar-refractivity contribution in [2.75, 3.05) is 6.54 Å². The van der Waals surface area contributed by atoms with E-state index in [0.29, 0.717) is 0 Å². The summed E-state index contributed by atoms with van der Waals surface area (Å²) in [6, 6.07) is 0. The Hall–Kier alpha value is 0.774. The summed E-state index contributed by atoms with van der Waals surface area (Å²) < 4.78 is 0. The quantitative estimate of drug-likeness (QED) is 0.397. The fraction of sp³-hybridized carbons (Fsp3) is 1.00. The van der Waals surface area contributed by atoms with E-state index in [1.807, 2.05) is 0 Å². The van der Waals surface area contributed by atoms with Crippen molar-refractivity contribution in [2.45, 2.75) is 39.4 Å². The van der Waals surface area contributed by atoms with Gasteiger partial charge in [-0.05, 0) is 0 Å². The van der Waals surface area contributed by atoms with Crippen LogP contribution in [0.15, 0.2) is 0 Å². The molecule has 0 amide bonds. The van der Waals surface area contributed by atoms with Gasteiger partial charge in [0.1, 0.15) is 0 Å². The predicted molar refractivity (Wildman–Crippen MR) is 46.5 cm³/mol. The van der Waals surface area contributed by atoms with E-state index in [1.54, 1.807) is 0 Å². The molecule has 0 saturated heterocycles. The summed E-state index contributed by atoms with van der Waals surface area (Å²) in [6.07, 6.45) is 2.54. The molecular weight excluding hydrogens is 133 g/mol. The first-order chi connectivity index (χ1) is 4.06. The summed E-state index contributed by atoms with van der Waals surface area (Å²) in [4.78, 5) is 4.59. The van der Waals surface area contributed by atoms with Crippen LogP contribution in [0.2, 0.25) is 19.6 Å². The molecule has 0 saturated carbocycles. The fourth-order valence-corrected chi connectivity index (χ4v) is 1.40. The Labute approximate surface area is 78.2 Å². The molecule has 0 fully saturated rings. The van der Waals surface area contributed by atoms with Crippen LogP contribution in [0.4, 0.5) is 0 Å². The van der Waals surface area contributed by atoms with Crippen LogP contribution in [-0.2, 0) is 0 Å². The monoisotopic (exact) mass is 151 g/mol. The largest absolute Gasteiger partial charge is 1.00 e. The van der Waals surface area contributed by atoms with E-state index in [9.17, 15) is 0 Å². The van der Waals surface area contributed by atoms with Crippen LogP contribution in [0.5, 0.6) is 0 Å². The number of hydrogen-bond acceptors (Lipinski definition) is 0. The molecule has 0 radical (unpaired) electrons. The van der Waals surface area contributed by atoms with Crippen molar-refractivity contribution in [3.63, 3.8) is 0 Å². The fourth-order valence-electron chi connectivity index (χ4n) is 0.573. The molecule has 0 aliphatic heterocycles. The molecule has 0 aromatic carbocycles. The second-order valence-corrected chi connectivity index (χ2v) is 8.06. The van der Waals surface area contributed by atoms with Gasteiger partial charge >= 0.3 is 18.9 Å². The Morgan fingerprint density at radius 2 is 1.70 bits per heavy atom. The van der Waals surface area contributed by atoms with Crippen LogP contribution in [0.1, 0.15) is 19.8 Å². The summed E-state index contributed by atoms with van der Waals surface area (Å²) in [5.41, 5.74) is 0. The number of hydrogen-bond donors (Lipinski definition) is 0. The van der Waals surface area contributed by atoms with E-state index < -0.39 is 8.24 Å². The maximum atomic E-state index is 4.59. The summed E-state index contributed by atoms with van der Waals surface area (Å²) in [7, 11) is -1.07. The Bertz CT molecular complexity index is 70.5. The summed E-state index contributed by atoms with van der Waals surface area (Å²) in [6.45, 7) is 10.1. The van der Waals surface area contributed by atoms with Crippen molar-refractivity contribution in [1.29, 1.82) is 0 Å². The molecule has 3 heteroatoms. The zero-order chi connectivity index (χ0) is 7.33. The van der Waals surface area contributed by atoms with Gasteiger partial charge in [-0.25, -0.2) is 0 Å². The van der Waals surface area contributed by atoms with E-state index in [2.05, 4.69) is 31.5 Å². The Morgan fingerprint density at radius 3 is 2.00 bits per heavy atom.